The summed E-state index contributed by atoms with van der Waals surface area (Å²) in [7, 11) is -0.803. The molecule has 3 aromatic rings. The lowest BCUT2D eigenvalue weighted by atomic mass is 9.97. The standard InChI is InChI=1S/C21H22FN3O5S2/c1-29-17-6-4-15(12-18(17)30-2)32(27,28)25-9-7-13(8-10-25)20(26)24-21-23-16-5-3-14(22)11-19(16)31-21/h3-6,11-13H,7-10H2,1-2H3,(H,23,24,26). The minimum Gasteiger partial charge on any atom is -0.493 e. The number of carbonyl (C=O) groups excluding carboxylic acids is 1. The summed E-state index contributed by atoms with van der Waals surface area (Å²) in [6.07, 6.45) is 0.774. The zero-order valence-electron chi connectivity index (χ0n) is 17.5. The van der Waals surface area contributed by atoms with Gasteiger partial charge in [0.2, 0.25) is 15.9 Å². The van der Waals surface area contributed by atoms with Crippen LogP contribution >= 0.6 is 11.3 Å². The van der Waals surface area contributed by atoms with E-state index >= 15 is 0 Å². The first-order valence-corrected chi connectivity index (χ1v) is 12.2. The number of sulfonamides is 1. The number of benzene rings is 2. The Kier molecular flexibility index (Phi) is 6.31. The second kappa shape index (κ2) is 9.00. The Morgan fingerprint density at radius 1 is 1.12 bits per heavy atom. The molecule has 0 radical (unpaired) electrons. The summed E-state index contributed by atoms with van der Waals surface area (Å²) in [5, 5.41) is 3.18. The van der Waals surface area contributed by atoms with Crippen LogP contribution in [0.1, 0.15) is 12.8 Å². The van der Waals surface area contributed by atoms with Crippen LogP contribution in [0.15, 0.2) is 41.3 Å². The van der Waals surface area contributed by atoms with Crippen molar-refractivity contribution < 1.29 is 27.1 Å². The number of carbonyl (C=O) groups is 1. The molecule has 1 fully saturated rings. The second-order valence-corrected chi connectivity index (χ2v) is 10.3. The number of amides is 1. The van der Waals surface area contributed by atoms with E-state index in [9.17, 15) is 17.6 Å². The zero-order valence-corrected chi connectivity index (χ0v) is 19.1. The summed E-state index contributed by atoms with van der Waals surface area (Å²) < 4.78 is 51.8. The fourth-order valence-corrected chi connectivity index (χ4v) is 6.02. The minimum absolute atomic E-state index is 0.111. The van der Waals surface area contributed by atoms with Gasteiger partial charge in [-0.1, -0.05) is 11.3 Å². The summed E-state index contributed by atoms with van der Waals surface area (Å²) in [5.41, 5.74) is 0.613. The van der Waals surface area contributed by atoms with Crippen LogP contribution in [-0.4, -0.2) is 50.9 Å². The number of hydrogen-bond acceptors (Lipinski definition) is 7. The van der Waals surface area contributed by atoms with Crippen LogP contribution in [0.25, 0.3) is 10.2 Å². The number of ether oxygens (including phenoxy) is 2. The number of hydrogen-bond donors (Lipinski definition) is 1. The van der Waals surface area contributed by atoms with Crippen LogP contribution in [0.3, 0.4) is 0 Å². The highest BCUT2D eigenvalue weighted by molar-refractivity contribution is 7.89. The lowest BCUT2D eigenvalue weighted by Gasteiger charge is -2.30. The molecular weight excluding hydrogens is 457 g/mol. The predicted molar refractivity (Wildman–Crippen MR) is 119 cm³/mol. The number of piperidine rings is 1. The van der Waals surface area contributed by atoms with Crippen molar-refractivity contribution >= 4 is 42.6 Å². The van der Waals surface area contributed by atoms with E-state index in [-0.39, 0.29) is 35.6 Å². The predicted octanol–water partition coefficient (Wildman–Crippen LogP) is 3.49. The summed E-state index contributed by atoms with van der Waals surface area (Å²) in [4.78, 5) is 17.1. The molecule has 1 aliphatic rings. The molecule has 0 saturated carbocycles. The van der Waals surface area contributed by atoms with Gasteiger partial charge in [0, 0.05) is 25.1 Å². The molecule has 0 spiro atoms. The second-order valence-electron chi connectivity index (χ2n) is 7.32. The normalized spacial score (nSPS) is 15.6. The third kappa shape index (κ3) is 4.41. The van der Waals surface area contributed by atoms with Crippen molar-refractivity contribution in [1.29, 1.82) is 0 Å². The zero-order chi connectivity index (χ0) is 22.9. The smallest absolute Gasteiger partial charge is 0.243 e. The molecule has 0 bridgehead atoms. The molecule has 4 rings (SSSR count). The molecule has 2 aromatic carbocycles. The lowest BCUT2D eigenvalue weighted by molar-refractivity contribution is -0.120. The summed E-state index contributed by atoms with van der Waals surface area (Å²) in [5.74, 6) is -0.136. The maximum Gasteiger partial charge on any atom is 0.243 e. The van der Waals surface area contributed by atoms with E-state index in [1.807, 2.05) is 0 Å². The number of nitrogens with one attached hydrogen (secondary N) is 1. The molecule has 0 unspecified atom stereocenters. The number of aromatic nitrogens is 1. The van der Waals surface area contributed by atoms with Gasteiger partial charge in [0.15, 0.2) is 16.6 Å². The average Bonchev–Trinajstić information content (AvgIpc) is 3.19. The molecule has 1 saturated heterocycles. The van der Waals surface area contributed by atoms with Gasteiger partial charge in [-0.3, -0.25) is 4.79 Å². The van der Waals surface area contributed by atoms with E-state index in [2.05, 4.69) is 10.3 Å². The molecule has 8 nitrogen and oxygen atoms in total. The van der Waals surface area contributed by atoms with Gasteiger partial charge in [-0.05, 0) is 43.2 Å². The number of halogens is 1. The van der Waals surface area contributed by atoms with E-state index in [4.69, 9.17) is 9.47 Å². The Morgan fingerprint density at radius 2 is 1.84 bits per heavy atom. The van der Waals surface area contributed by atoms with Gasteiger partial charge >= 0.3 is 0 Å². The molecule has 32 heavy (non-hydrogen) atoms. The van der Waals surface area contributed by atoms with Gasteiger partial charge in [-0.2, -0.15) is 4.31 Å². The van der Waals surface area contributed by atoms with Crippen LogP contribution in [0.5, 0.6) is 11.5 Å². The van der Waals surface area contributed by atoms with Crippen molar-refractivity contribution in [1.82, 2.24) is 9.29 Å². The van der Waals surface area contributed by atoms with Crippen LogP contribution in [0.2, 0.25) is 0 Å². The number of rotatable bonds is 6. The quantitative estimate of drug-likeness (QED) is 0.581. The van der Waals surface area contributed by atoms with Gasteiger partial charge in [-0.25, -0.2) is 17.8 Å². The molecular formula is C21H22FN3O5S2. The lowest BCUT2D eigenvalue weighted by Crippen LogP contribution is -2.41. The van der Waals surface area contributed by atoms with E-state index < -0.39 is 10.0 Å². The van der Waals surface area contributed by atoms with Gasteiger partial charge in [-0.15, -0.1) is 0 Å². The van der Waals surface area contributed by atoms with Crippen LogP contribution in [0, 0.1) is 11.7 Å². The van der Waals surface area contributed by atoms with Crippen LogP contribution in [-0.2, 0) is 14.8 Å². The van der Waals surface area contributed by atoms with Gasteiger partial charge < -0.3 is 14.8 Å². The van der Waals surface area contributed by atoms with Crippen molar-refractivity contribution in [2.24, 2.45) is 5.92 Å². The topological polar surface area (TPSA) is 97.8 Å². The monoisotopic (exact) mass is 479 g/mol. The molecule has 1 aromatic heterocycles. The molecule has 1 aliphatic heterocycles. The summed E-state index contributed by atoms with van der Waals surface area (Å²) >= 11 is 1.20. The highest BCUT2D eigenvalue weighted by Gasteiger charge is 2.33. The van der Waals surface area contributed by atoms with Gasteiger partial charge in [0.05, 0.1) is 29.3 Å². The Labute approximate surface area is 189 Å². The Bertz CT molecular complexity index is 1250. The average molecular weight is 480 g/mol. The summed E-state index contributed by atoms with van der Waals surface area (Å²) in [6, 6.07) is 8.72. The number of methoxy groups -OCH3 is 2. The van der Waals surface area contributed by atoms with Crippen molar-refractivity contribution in [3.63, 3.8) is 0 Å². The SMILES string of the molecule is COc1ccc(S(=O)(=O)N2CCC(C(=O)Nc3nc4ccc(F)cc4s3)CC2)cc1OC. The van der Waals surface area contributed by atoms with E-state index in [0.717, 1.165) is 0 Å². The van der Waals surface area contributed by atoms with Crippen molar-refractivity contribution in [2.45, 2.75) is 17.7 Å². The highest BCUT2D eigenvalue weighted by Crippen LogP contribution is 2.32. The third-order valence-electron chi connectivity index (χ3n) is 5.40. The van der Waals surface area contributed by atoms with Crippen molar-refractivity contribution in [3.8, 4) is 11.5 Å². The van der Waals surface area contributed by atoms with Crippen LogP contribution in [0.4, 0.5) is 9.52 Å². The Hall–Kier alpha value is -2.76. The van der Waals surface area contributed by atoms with Crippen molar-refractivity contribution in [3.05, 3.63) is 42.2 Å². The van der Waals surface area contributed by atoms with E-state index in [1.54, 1.807) is 12.1 Å². The largest absolute Gasteiger partial charge is 0.493 e. The van der Waals surface area contributed by atoms with E-state index in [1.165, 1.54) is 54.1 Å². The molecule has 0 atom stereocenters. The van der Waals surface area contributed by atoms with Gasteiger partial charge in [0.1, 0.15) is 5.82 Å². The number of fused-ring (bicyclic) bond motifs is 1. The number of thiazole rings is 1. The Balaban J connectivity index is 1.41. The first-order chi connectivity index (χ1) is 15.3. The first kappa shape index (κ1) is 22.4. The Morgan fingerprint density at radius 3 is 2.53 bits per heavy atom. The molecule has 170 valence electrons. The first-order valence-electron chi connectivity index (χ1n) is 9.91. The van der Waals surface area contributed by atoms with Crippen LogP contribution < -0.4 is 14.8 Å². The molecule has 1 N–H and O–H groups in total. The van der Waals surface area contributed by atoms with Gasteiger partial charge in [0.25, 0.3) is 0 Å². The fraction of sp³-hybridized carbons (Fsp3) is 0.333. The third-order valence-corrected chi connectivity index (χ3v) is 8.23. The van der Waals surface area contributed by atoms with E-state index in [0.29, 0.717) is 39.7 Å². The molecule has 11 heteroatoms. The molecule has 1 amide bonds. The maximum atomic E-state index is 13.4. The highest BCUT2D eigenvalue weighted by atomic mass is 32.2. The fourth-order valence-electron chi connectivity index (χ4n) is 3.64. The number of nitrogens with zero attached hydrogens (tertiary/aromatic N) is 2. The van der Waals surface area contributed by atoms with Crippen molar-refractivity contribution in [2.75, 3.05) is 32.6 Å². The molecule has 2 heterocycles. The number of anilines is 1. The molecule has 0 aliphatic carbocycles. The summed E-state index contributed by atoms with van der Waals surface area (Å²) in [6.45, 7) is 0.444. The minimum atomic E-state index is -3.73. The maximum absolute atomic E-state index is 13.4.